The molecule has 128 valence electrons. The Balaban J connectivity index is 1.68. The Bertz CT molecular complexity index is 638. The van der Waals surface area contributed by atoms with Crippen molar-refractivity contribution in [2.75, 3.05) is 38.1 Å². The summed E-state index contributed by atoms with van der Waals surface area (Å²) in [7, 11) is 1.60. The maximum atomic E-state index is 12.6. The number of likely N-dealkylation sites (N-methyl/N-ethyl adjacent to an activating group) is 1. The smallest absolute Gasteiger partial charge is 0.254 e. The molecule has 0 spiro atoms. The van der Waals surface area contributed by atoms with Crippen LogP contribution in [0.25, 0.3) is 0 Å². The summed E-state index contributed by atoms with van der Waals surface area (Å²) >= 11 is 0. The number of hydrogen-bond acceptors (Lipinski definition) is 5. The zero-order chi connectivity index (χ0) is 17.1. The summed E-state index contributed by atoms with van der Waals surface area (Å²) in [5.41, 5.74) is 1.64. The minimum absolute atomic E-state index is 0.212. The fraction of sp³-hybridized carbons (Fsp3) is 0.471. The van der Waals surface area contributed by atoms with Crippen molar-refractivity contribution in [2.24, 2.45) is 0 Å². The highest BCUT2D eigenvalue weighted by atomic mass is 16.2. The van der Waals surface area contributed by atoms with Crippen LogP contribution >= 0.6 is 0 Å². The summed E-state index contributed by atoms with van der Waals surface area (Å²) in [6, 6.07) is 6.88. The summed E-state index contributed by atoms with van der Waals surface area (Å²) in [4.78, 5) is 39.4. The van der Waals surface area contributed by atoms with Crippen LogP contribution in [-0.4, -0.2) is 61.9 Å². The fourth-order valence-corrected chi connectivity index (χ4v) is 3.13. The molecule has 3 amide bonds. The molecule has 7 heteroatoms. The van der Waals surface area contributed by atoms with Crippen molar-refractivity contribution >= 4 is 23.4 Å². The first-order valence-electron chi connectivity index (χ1n) is 8.23. The van der Waals surface area contributed by atoms with E-state index in [-0.39, 0.29) is 18.2 Å². The van der Waals surface area contributed by atoms with Crippen molar-refractivity contribution in [2.45, 2.75) is 18.9 Å². The molecular weight excluding hydrogens is 308 g/mol. The third kappa shape index (κ3) is 3.41. The minimum Gasteiger partial charge on any atom is -0.369 e. The second kappa shape index (κ2) is 7.00. The van der Waals surface area contributed by atoms with Crippen LogP contribution in [0.1, 0.15) is 23.2 Å². The van der Waals surface area contributed by atoms with E-state index in [0.717, 1.165) is 31.9 Å². The number of benzene rings is 1. The molecule has 24 heavy (non-hydrogen) atoms. The monoisotopic (exact) mass is 330 g/mol. The van der Waals surface area contributed by atoms with Crippen LogP contribution in [0.3, 0.4) is 0 Å². The van der Waals surface area contributed by atoms with Gasteiger partial charge in [0.05, 0.1) is 0 Å². The van der Waals surface area contributed by atoms with Crippen molar-refractivity contribution < 1.29 is 14.4 Å². The lowest BCUT2D eigenvalue weighted by molar-refractivity contribution is -0.136. The van der Waals surface area contributed by atoms with Crippen LogP contribution in [0.15, 0.2) is 24.3 Å². The average Bonchev–Trinajstić information content (AvgIpc) is 2.61. The van der Waals surface area contributed by atoms with E-state index >= 15 is 0 Å². The molecule has 2 fully saturated rings. The number of nitrogens with zero attached hydrogens (tertiary/aromatic N) is 2. The van der Waals surface area contributed by atoms with Crippen LogP contribution in [0.2, 0.25) is 0 Å². The average molecular weight is 330 g/mol. The quantitative estimate of drug-likeness (QED) is 0.761. The van der Waals surface area contributed by atoms with Gasteiger partial charge in [0, 0.05) is 50.9 Å². The summed E-state index contributed by atoms with van der Waals surface area (Å²) in [6.45, 7) is 3.81. The Labute approximate surface area is 141 Å². The molecule has 0 radical (unpaired) electrons. The van der Waals surface area contributed by atoms with E-state index in [4.69, 9.17) is 0 Å². The molecule has 0 aliphatic carbocycles. The molecule has 1 aromatic rings. The van der Waals surface area contributed by atoms with Crippen LogP contribution in [0.5, 0.6) is 0 Å². The molecule has 7 nitrogen and oxygen atoms in total. The fourth-order valence-electron chi connectivity index (χ4n) is 3.13. The number of nitrogens with one attached hydrogen (secondary N) is 2. The van der Waals surface area contributed by atoms with Gasteiger partial charge in [-0.15, -0.1) is 0 Å². The molecule has 1 aromatic carbocycles. The van der Waals surface area contributed by atoms with Crippen molar-refractivity contribution in [3.63, 3.8) is 0 Å². The number of imide groups is 1. The number of piperidine rings is 1. The van der Waals surface area contributed by atoms with Crippen molar-refractivity contribution in [3.8, 4) is 0 Å². The van der Waals surface area contributed by atoms with Gasteiger partial charge in [-0.3, -0.25) is 19.7 Å². The van der Waals surface area contributed by atoms with E-state index < -0.39 is 11.9 Å². The van der Waals surface area contributed by atoms with Crippen molar-refractivity contribution in [3.05, 3.63) is 29.8 Å². The molecule has 2 saturated heterocycles. The number of amides is 3. The maximum Gasteiger partial charge on any atom is 0.254 e. The van der Waals surface area contributed by atoms with Gasteiger partial charge < -0.3 is 15.1 Å². The zero-order valence-electron chi connectivity index (χ0n) is 13.7. The van der Waals surface area contributed by atoms with Gasteiger partial charge in [-0.25, -0.2) is 0 Å². The predicted octanol–water partition coefficient (Wildman–Crippen LogP) is -0.0266. The largest absolute Gasteiger partial charge is 0.369 e. The number of carbonyl (C=O) groups is 3. The topological polar surface area (TPSA) is 81.8 Å². The van der Waals surface area contributed by atoms with Gasteiger partial charge in [0.15, 0.2) is 0 Å². The second-order valence-electron chi connectivity index (χ2n) is 6.17. The highest BCUT2D eigenvalue weighted by molar-refractivity contribution is 6.03. The third-order valence-corrected chi connectivity index (χ3v) is 4.59. The molecule has 1 unspecified atom stereocenters. The Hall–Kier alpha value is -2.41. The second-order valence-corrected chi connectivity index (χ2v) is 6.17. The lowest BCUT2D eigenvalue weighted by Crippen LogP contribution is -2.52. The molecule has 0 aromatic heterocycles. The van der Waals surface area contributed by atoms with Crippen LogP contribution < -0.4 is 15.5 Å². The molecule has 2 heterocycles. The van der Waals surface area contributed by atoms with Crippen LogP contribution in [0.4, 0.5) is 5.69 Å². The Morgan fingerprint density at radius 1 is 1.17 bits per heavy atom. The van der Waals surface area contributed by atoms with Gasteiger partial charge in [-0.2, -0.15) is 0 Å². The summed E-state index contributed by atoms with van der Waals surface area (Å²) < 4.78 is 0. The summed E-state index contributed by atoms with van der Waals surface area (Å²) in [6.07, 6.45) is 0.627. The highest BCUT2D eigenvalue weighted by Gasteiger charge is 2.32. The normalized spacial score (nSPS) is 21.4. The van der Waals surface area contributed by atoms with Crippen molar-refractivity contribution in [1.82, 2.24) is 15.5 Å². The number of anilines is 1. The lowest BCUT2D eigenvalue weighted by Gasteiger charge is -2.31. The summed E-state index contributed by atoms with van der Waals surface area (Å²) in [5, 5.41) is 5.59. The first kappa shape index (κ1) is 16.4. The molecule has 2 aliphatic heterocycles. The standard InChI is InChI=1S/C17H22N4O3/c1-20(14-6-7-15(22)19-16(14)23)17(24)12-2-4-13(5-3-12)21-10-8-18-9-11-21/h2-5,14,18H,6-11H2,1H3,(H,19,22,23). The van der Waals surface area contributed by atoms with E-state index in [1.165, 1.54) is 4.90 Å². The Morgan fingerprint density at radius 2 is 1.83 bits per heavy atom. The molecule has 0 bridgehead atoms. The van der Waals surface area contributed by atoms with E-state index in [1.807, 2.05) is 12.1 Å². The number of piperazine rings is 1. The number of carbonyl (C=O) groups excluding carboxylic acids is 3. The van der Waals surface area contributed by atoms with Gasteiger partial charge in [0.25, 0.3) is 5.91 Å². The Kier molecular flexibility index (Phi) is 4.80. The number of hydrogen-bond donors (Lipinski definition) is 2. The van der Waals surface area contributed by atoms with Gasteiger partial charge in [-0.05, 0) is 30.7 Å². The highest BCUT2D eigenvalue weighted by Crippen LogP contribution is 2.18. The number of rotatable bonds is 3. The SMILES string of the molecule is CN(C(=O)c1ccc(N2CCNCC2)cc1)C1CCC(=O)NC1=O. The molecule has 2 aliphatic rings. The van der Waals surface area contributed by atoms with Gasteiger partial charge in [0.1, 0.15) is 6.04 Å². The van der Waals surface area contributed by atoms with Crippen LogP contribution in [-0.2, 0) is 9.59 Å². The van der Waals surface area contributed by atoms with E-state index in [2.05, 4.69) is 15.5 Å². The van der Waals surface area contributed by atoms with Crippen molar-refractivity contribution in [1.29, 1.82) is 0 Å². The van der Waals surface area contributed by atoms with Gasteiger partial charge >= 0.3 is 0 Å². The molecule has 1 atom stereocenters. The predicted molar refractivity (Wildman–Crippen MR) is 89.8 cm³/mol. The molecule has 2 N–H and O–H groups in total. The maximum absolute atomic E-state index is 12.6. The minimum atomic E-state index is -0.594. The summed E-state index contributed by atoms with van der Waals surface area (Å²) in [5.74, 6) is -0.895. The zero-order valence-corrected chi connectivity index (χ0v) is 13.7. The first-order valence-corrected chi connectivity index (χ1v) is 8.23. The molecule has 0 saturated carbocycles. The lowest BCUT2D eigenvalue weighted by atomic mass is 10.0. The first-order chi connectivity index (χ1) is 11.6. The molecule has 3 rings (SSSR count). The van der Waals surface area contributed by atoms with E-state index in [0.29, 0.717) is 12.0 Å². The van der Waals surface area contributed by atoms with E-state index in [1.54, 1.807) is 19.2 Å². The molecular formula is C17H22N4O3. The Morgan fingerprint density at radius 3 is 2.46 bits per heavy atom. The van der Waals surface area contributed by atoms with Gasteiger partial charge in [-0.1, -0.05) is 0 Å². The van der Waals surface area contributed by atoms with Crippen LogP contribution in [0, 0.1) is 0 Å². The third-order valence-electron chi connectivity index (χ3n) is 4.59. The van der Waals surface area contributed by atoms with Gasteiger partial charge in [0.2, 0.25) is 11.8 Å². The van der Waals surface area contributed by atoms with E-state index in [9.17, 15) is 14.4 Å².